The van der Waals surface area contributed by atoms with Gasteiger partial charge in [-0.1, -0.05) is 18.2 Å². The molecule has 0 fully saturated rings. The molecule has 1 aromatic carbocycles. The number of nitrogens with one attached hydrogen (secondary N) is 1. The lowest BCUT2D eigenvalue weighted by Crippen LogP contribution is -2.41. The van der Waals surface area contributed by atoms with E-state index in [1.54, 1.807) is 44.1 Å². The molecule has 0 saturated heterocycles. The Morgan fingerprint density at radius 1 is 1.32 bits per heavy atom. The molecule has 0 radical (unpaired) electrons. The van der Waals surface area contributed by atoms with Crippen molar-refractivity contribution in [3.05, 3.63) is 65.5 Å². The zero-order valence-corrected chi connectivity index (χ0v) is 18.1. The number of likely N-dealkylation sites (N-methyl/N-ethyl adjacent to an activating group) is 1. The van der Waals surface area contributed by atoms with Crippen molar-refractivity contribution in [3.8, 4) is 0 Å². The standard InChI is InChI=1S/C24H26N4O3/c1-24(2)21(30)18-11-15(13-25-22(18)26-23(24)31)9-10-20(29)27(3)14-17-12-16-7-5-6-8-19(16)28(17)4/h5-13,21,30H,14H2,1-4H3,(H,25,26,31). The minimum Gasteiger partial charge on any atom is -0.387 e. The molecule has 1 aliphatic rings. The van der Waals surface area contributed by atoms with Gasteiger partial charge >= 0.3 is 0 Å². The zero-order valence-electron chi connectivity index (χ0n) is 18.1. The van der Waals surface area contributed by atoms with Gasteiger partial charge in [0.1, 0.15) is 5.82 Å². The van der Waals surface area contributed by atoms with E-state index in [-0.39, 0.29) is 11.8 Å². The molecule has 0 spiro atoms. The number of amides is 2. The normalized spacial score (nSPS) is 17.6. The summed E-state index contributed by atoms with van der Waals surface area (Å²) in [6, 6.07) is 12.0. The molecule has 4 rings (SSSR count). The number of carbonyl (C=O) groups is 2. The summed E-state index contributed by atoms with van der Waals surface area (Å²) >= 11 is 0. The number of aromatic nitrogens is 2. The van der Waals surface area contributed by atoms with Gasteiger partial charge in [-0.25, -0.2) is 4.98 Å². The maximum atomic E-state index is 12.6. The highest BCUT2D eigenvalue weighted by molar-refractivity contribution is 5.98. The van der Waals surface area contributed by atoms with Crippen molar-refractivity contribution in [1.82, 2.24) is 14.5 Å². The minimum absolute atomic E-state index is 0.142. The van der Waals surface area contributed by atoms with E-state index in [9.17, 15) is 14.7 Å². The lowest BCUT2D eigenvalue weighted by atomic mass is 9.79. The first-order chi connectivity index (χ1) is 14.7. The third kappa shape index (κ3) is 3.72. The Morgan fingerprint density at radius 2 is 2.06 bits per heavy atom. The minimum atomic E-state index is -0.970. The maximum Gasteiger partial charge on any atom is 0.246 e. The van der Waals surface area contributed by atoms with Crippen LogP contribution in [0.25, 0.3) is 17.0 Å². The third-order valence-electron chi connectivity index (χ3n) is 5.98. The number of benzene rings is 1. The molecule has 2 amide bonds. The van der Waals surface area contributed by atoms with Gasteiger partial charge in [-0.2, -0.15) is 0 Å². The SMILES string of the molecule is CN(Cc1cc2ccccc2n1C)C(=O)C=Cc1cnc2c(c1)C(O)C(C)(C)C(=O)N2. The van der Waals surface area contributed by atoms with E-state index in [0.717, 1.165) is 16.6 Å². The zero-order chi connectivity index (χ0) is 22.3. The Kier molecular flexibility index (Phi) is 5.15. The number of aliphatic hydroxyl groups is 1. The van der Waals surface area contributed by atoms with Gasteiger partial charge in [0.15, 0.2) is 0 Å². The number of hydrogen-bond acceptors (Lipinski definition) is 4. The largest absolute Gasteiger partial charge is 0.387 e. The van der Waals surface area contributed by atoms with Crippen LogP contribution in [0.5, 0.6) is 0 Å². The summed E-state index contributed by atoms with van der Waals surface area (Å²) < 4.78 is 2.09. The van der Waals surface area contributed by atoms with Gasteiger partial charge in [0.25, 0.3) is 0 Å². The van der Waals surface area contributed by atoms with E-state index in [0.29, 0.717) is 23.5 Å². The van der Waals surface area contributed by atoms with Crippen LogP contribution in [0.1, 0.15) is 36.8 Å². The molecule has 7 heteroatoms. The lowest BCUT2D eigenvalue weighted by Gasteiger charge is -2.34. The van der Waals surface area contributed by atoms with Crippen molar-refractivity contribution in [1.29, 1.82) is 0 Å². The molecule has 1 atom stereocenters. The highest BCUT2D eigenvalue weighted by atomic mass is 16.3. The van der Waals surface area contributed by atoms with Crippen molar-refractivity contribution >= 4 is 34.6 Å². The van der Waals surface area contributed by atoms with Crippen molar-refractivity contribution in [3.63, 3.8) is 0 Å². The number of hydrogen-bond donors (Lipinski definition) is 2. The molecule has 0 saturated carbocycles. The Morgan fingerprint density at radius 3 is 2.81 bits per heavy atom. The fourth-order valence-electron chi connectivity index (χ4n) is 3.80. The number of pyridine rings is 1. The van der Waals surface area contributed by atoms with E-state index >= 15 is 0 Å². The second-order valence-electron chi connectivity index (χ2n) is 8.57. The van der Waals surface area contributed by atoms with Crippen molar-refractivity contribution in [2.45, 2.75) is 26.5 Å². The van der Waals surface area contributed by atoms with Crippen LogP contribution in [0.4, 0.5) is 5.82 Å². The number of rotatable bonds is 4. The second-order valence-corrected chi connectivity index (χ2v) is 8.57. The molecule has 1 unspecified atom stereocenters. The summed E-state index contributed by atoms with van der Waals surface area (Å²) in [5.74, 6) is -0.0567. The van der Waals surface area contributed by atoms with Crippen LogP contribution < -0.4 is 5.32 Å². The summed E-state index contributed by atoms with van der Waals surface area (Å²) in [6.45, 7) is 3.85. The second kappa shape index (κ2) is 7.67. The fourth-order valence-corrected chi connectivity index (χ4v) is 3.80. The average Bonchev–Trinajstić information content (AvgIpc) is 3.06. The number of aryl methyl sites for hydroxylation is 1. The van der Waals surface area contributed by atoms with E-state index in [1.165, 1.54) is 6.08 Å². The van der Waals surface area contributed by atoms with Gasteiger partial charge in [-0.15, -0.1) is 0 Å². The van der Waals surface area contributed by atoms with Gasteiger partial charge in [0, 0.05) is 43.1 Å². The monoisotopic (exact) mass is 418 g/mol. The molecule has 3 aromatic rings. The Balaban J connectivity index is 1.49. The van der Waals surface area contributed by atoms with Crippen LogP contribution in [0, 0.1) is 5.41 Å². The van der Waals surface area contributed by atoms with E-state index in [1.807, 2.05) is 19.2 Å². The fraction of sp³-hybridized carbons (Fsp3) is 0.292. The molecule has 7 nitrogen and oxygen atoms in total. The molecular formula is C24H26N4O3. The first-order valence-corrected chi connectivity index (χ1v) is 10.1. The molecule has 0 bridgehead atoms. The number of carbonyl (C=O) groups excluding carboxylic acids is 2. The van der Waals surface area contributed by atoms with Crippen LogP contribution in [0.15, 0.2) is 48.7 Å². The topological polar surface area (TPSA) is 87.5 Å². The quantitative estimate of drug-likeness (QED) is 0.637. The summed E-state index contributed by atoms with van der Waals surface area (Å²) in [6.07, 6.45) is 3.76. The van der Waals surface area contributed by atoms with Crippen molar-refractivity contribution in [2.24, 2.45) is 12.5 Å². The van der Waals surface area contributed by atoms with Gasteiger partial charge in [-0.3, -0.25) is 9.59 Å². The molecule has 0 aliphatic carbocycles. The van der Waals surface area contributed by atoms with E-state index < -0.39 is 11.5 Å². The van der Waals surface area contributed by atoms with Gasteiger partial charge in [0.2, 0.25) is 11.8 Å². The molecule has 3 heterocycles. The average molecular weight is 418 g/mol. The van der Waals surface area contributed by atoms with Gasteiger partial charge in [0.05, 0.1) is 18.1 Å². The number of aliphatic hydroxyl groups excluding tert-OH is 1. The number of nitrogens with zero attached hydrogens (tertiary/aromatic N) is 3. The van der Waals surface area contributed by atoms with Crippen LogP contribution >= 0.6 is 0 Å². The first-order valence-electron chi connectivity index (χ1n) is 10.1. The predicted octanol–water partition coefficient (Wildman–Crippen LogP) is 3.26. The summed E-state index contributed by atoms with van der Waals surface area (Å²) in [5, 5.41) is 14.5. The molecular weight excluding hydrogens is 392 g/mol. The van der Waals surface area contributed by atoms with E-state index in [2.05, 4.69) is 33.1 Å². The van der Waals surface area contributed by atoms with Gasteiger partial charge < -0.3 is 19.9 Å². The first kappa shape index (κ1) is 20.8. The van der Waals surface area contributed by atoms with Crippen LogP contribution in [-0.4, -0.2) is 38.4 Å². The Hall–Kier alpha value is -3.45. The predicted molar refractivity (Wildman–Crippen MR) is 120 cm³/mol. The molecule has 1 aliphatic heterocycles. The van der Waals surface area contributed by atoms with E-state index in [4.69, 9.17) is 0 Å². The molecule has 2 N–H and O–H groups in total. The number of para-hydroxylation sites is 1. The van der Waals surface area contributed by atoms with Gasteiger partial charge in [-0.05, 0) is 49.1 Å². The maximum absolute atomic E-state index is 12.6. The molecule has 160 valence electrons. The Labute approximate surface area is 181 Å². The van der Waals surface area contributed by atoms with Crippen molar-refractivity contribution in [2.75, 3.05) is 12.4 Å². The summed E-state index contributed by atoms with van der Waals surface area (Å²) in [5.41, 5.74) is 2.44. The summed E-state index contributed by atoms with van der Waals surface area (Å²) in [4.78, 5) is 30.7. The molecule has 2 aromatic heterocycles. The van der Waals surface area contributed by atoms with Crippen LogP contribution in [0.2, 0.25) is 0 Å². The van der Waals surface area contributed by atoms with Crippen LogP contribution in [-0.2, 0) is 23.2 Å². The lowest BCUT2D eigenvalue weighted by molar-refractivity contribution is -0.131. The highest BCUT2D eigenvalue weighted by Gasteiger charge is 2.42. The third-order valence-corrected chi connectivity index (χ3v) is 5.98. The number of anilines is 1. The smallest absolute Gasteiger partial charge is 0.246 e. The Bertz CT molecular complexity index is 1210. The molecule has 31 heavy (non-hydrogen) atoms. The van der Waals surface area contributed by atoms with Crippen LogP contribution in [0.3, 0.4) is 0 Å². The summed E-state index contributed by atoms with van der Waals surface area (Å²) in [7, 11) is 3.76. The highest BCUT2D eigenvalue weighted by Crippen LogP contribution is 2.41. The number of fused-ring (bicyclic) bond motifs is 2. The van der Waals surface area contributed by atoms with Crippen molar-refractivity contribution < 1.29 is 14.7 Å².